The number of anilines is 1. The fourth-order valence-electron chi connectivity index (χ4n) is 2.79. The monoisotopic (exact) mass is 378 g/mol. The fourth-order valence-corrected chi connectivity index (χ4v) is 2.79. The molecule has 0 unspecified atom stereocenters. The van der Waals surface area contributed by atoms with Crippen LogP contribution in [0.1, 0.15) is 19.3 Å². The molecule has 10 heteroatoms. The number of rotatable bonds is 6. The molecule has 0 saturated carbocycles. The number of aromatic nitrogens is 6. The van der Waals surface area contributed by atoms with Crippen molar-refractivity contribution in [2.45, 2.75) is 19.3 Å². The number of unbranched alkanes of at least 4 members (excludes halogenated alkanes) is 2. The van der Waals surface area contributed by atoms with Gasteiger partial charge in [0.1, 0.15) is 0 Å². The molecule has 4 aromatic rings. The van der Waals surface area contributed by atoms with Gasteiger partial charge in [-0.25, -0.2) is 9.78 Å². The summed E-state index contributed by atoms with van der Waals surface area (Å²) in [7, 11) is 1.79. The fraction of sp³-hybridized carbons (Fsp3) is 0.278. The van der Waals surface area contributed by atoms with E-state index < -0.39 is 0 Å². The van der Waals surface area contributed by atoms with Crippen LogP contribution in [-0.4, -0.2) is 41.9 Å². The van der Waals surface area contributed by atoms with Gasteiger partial charge in [-0.1, -0.05) is 0 Å². The molecular formula is C18H18N8O2. The molecule has 4 rings (SSSR count). The van der Waals surface area contributed by atoms with E-state index in [4.69, 9.17) is 10.8 Å². The Morgan fingerprint density at radius 1 is 1.32 bits per heavy atom. The third-order valence-electron chi connectivity index (χ3n) is 4.07. The van der Waals surface area contributed by atoms with Crippen LogP contribution in [0.15, 0.2) is 29.0 Å². The minimum absolute atomic E-state index is 0.215. The van der Waals surface area contributed by atoms with Gasteiger partial charge in [-0.15, -0.1) is 17.4 Å². The van der Waals surface area contributed by atoms with Gasteiger partial charge in [-0.3, -0.25) is 10.00 Å². The minimum Gasteiger partial charge on any atom is -0.461 e. The summed E-state index contributed by atoms with van der Waals surface area (Å²) in [5, 5.41) is 15.0. The lowest BCUT2D eigenvalue weighted by Gasteiger charge is -2.07. The summed E-state index contributed by atoms with van der Waals surface area (Å²) in [5.74, 6) is 3.70. The number of fused-ring (bicyclic) bond motifs is 3. The number of aryl methyl sites for hydroxylation is 1. The first-order valence-electron chi connectivity index (χ1n) is 8.78. The molecule has 0 spiro atoms. The Balaban J connectivity index is 1.64. The van der Waals surface area contributed by atoms with Crippen LogP contribution in [0.5, 0.6) is 0 Å². The second-order valence-corrected chi connectivity index (χ2v) is 6.17. The molecule has 2 N–H and O–H groups in total. The first kappa shape index (κ1) is 17.5. The lowest BCUT2D eigenvalue weighted by molar-refractivity contribution is 0.251. The predicted octanol–water partition coefficient (Wildman–Crippen LogP) is 2.20. The zero-order valence-electron chi connectivity index (χ0n) is 15.2. The Bertz CT molecular complexity index is 1170. The van der Waals surface area contributed by atoms with E-state index in [1.807, 2.05) is 0 Å². The van der Waals surface area contributed by atoms with Crippen molar-refractivity contribution in [2.24, 2.45) is 7.05 Å². The van der Waals surface area contributed by atoms with Crippen LogP contribution in [0, 0.1) is 12.3 Å². The second-order valence-electron chi connectivity index (χ2n) is 6.17. The van der Waals surface area contributed by atoms with Crippen LogP contribution in [0.3, 0.4) is 0 Å². The maximum atomic E-state index is 12.3. The summed E-state index contributed by atoms with van der Waals surface area (Å²) in [4.78, 5) is 21.2. The quantitative estimate of drug-likeness (QED) is 0.393. The summed E-state index contributed by atoms with van der Waals surface area (Å²) in [5.41, 5.74) is 0.978. The standard InChI is InChI=1S/C18H18N8O2/c1-3-4-5-6-9-19-18(27)22-17-21-14-12(11-25(2)23-14)16-20-15(24-26(16)17)13-8-7-10-28-13/h1,7-8,10-11H,4-6,9H2,2H3,(H2,19,21,22,23,27). The normalized spacial score (nSPS) is 11.0. The molecule has 0 aliphatic carbocycles. The Labute approximate surface area is 159 Å². The summed E-state index contributed by atoms with van der Waals surface area (Å²) < 4.78 is 8.48. The van der Waals surface area contributed by atoms with Crippen LogP contribution < -0.4 is 10.6 Å². The van der Waals surface area contributed by atoms with E-state index in [0.717, 1.165) is 12.8 Å². The van der Waals surface area contributed by atoms with Crippen molar-refractivity contribution in [2.75, 3.05) is 11.9 Å². The molecule has 0 radical (unpaired) electrons. The van der Waals surface area contributed by atoms with E-state index in [1.165, 1.54) is 4.52 Å². The average molecular weight is 378 g/mol. The highest BCUT2D eigenvalue weighted by molar-refractivity contribution is 5.93. The van der Waals surface area contributed by atoms with Gasteiger partial charge in [-0.2, -0.15) is 14.6 Å². The van der Waals surface area contributed by atoms with Crippen molar-refractivity contribution in [3.05, 3.63) is 24.6 Å². The van der Waals surface area contributed by atoms with E-state index in [0.29, 0.717) is 41.2 Å². The van der Waals surface area contributed by atoms with E-state index >= 15 is 0 Å². The van der Waals surface area contributed by atoms with Crippen LogP contribution in [0.25, 0.3) is 28.3 Å². The number of nitrogens with one attached hydrogen (secondary N) is 2. The van der Waals surface area contributed by atoms with Crippen LogP contribution in [0.4, 0.5) is 10.7 Å². The third kappa shape index (κ3) is 3.37. The molecule has 142 valence electrons. The zero-order valence-corrected chi connectivity index (χ0v) is 15.2. The first-order chi connectivity index (χ1) is 13.7. The number of carbonyl (C=O) groups excluding carboxylic acids is 1. The van der Waals surface area contributed by atoms with Crippen molar-refractivity contribution in [1.82, 2.24) is 34.7 Å². The van der Waals surface area contributed by atoms with E-state index in [-0.39, 0.29) is 12.0 Å². The minimum atomic E-state index is -0.389. The predicted molar refractivity (Wildman–Crippen MR) is 102 cm³/mol. The third-order valence-corrected chi connectivity index (χ3v) is 4.07. The van der Waals surface area contributed by atoms with Gasteiger partial charge in [0.25, 0.3) is 0 Å². The van der Waals surface area contributed by atoms with Crippen molar-refractivity contribution in [1.29, 1.82) is 0 Å². The number of amides is 2. The topological polar surface area (TPSA) is 115 Å². The summed E-state index contributed by atoms with van der Waals surface area (Å²) in [6.07, 6.45) is 10.9. The molecule has 0 saturated heterocycles. The van der Waals surface area contributed by atoms with Gasteiger partial charge in [0, 0.05) is 26.2 Å². The SMILES string of the molecule is C#CCCCCNC(=O)Nc1nc2nn(C)cc2c2nc(-c3ccco3)nn12. The molecule has 0 aliphatic rings. The van der Waals surface area contributed by atoms with Crippen LogP contribution in [0.2, 0.25) is 0 Å². The molecule has 0 aromatic carbocycles. The number of hydrogen-bond acceptors (Lipinski definition) is 6. The summed E-state index contributed by atoms with van der Waals surface area (Å²) in [6, 6.07) is 3.13. The van der Waals surface area contributed by atoms with Gasteiger partial charge in [0.2, 0.25) is 11.8 Å². The van der Waals surface area contributed by atoms with E-state index in [9.17, 15) is 4.79 Å². The number of nitrogens with zero attached hydrogens (tertiary/aromatic N) is 6. The Morgan fingerprint density at radius 2 is 2.21 bits per heavy atom. The Morgan fingerprint density at radius 3 is 3.00 bits per heavy atom. The molecular weight excluding hydrogens is 360 g/mol. The number of furan rings is 1. The van der Waals surface area contributed by atoms with Gasteiger partial charge in [0.05, 0.1) is 11.6 Å². The summed E-state index contributed by atoms with van der Waals surface area (Å²) >= 11 is 0. The number of carbonyl (C=O) groups is 1. The smallest absolute Gasteiger partial charge is 0.321 e. The maximum absolute atomic E-state index is 12.3. The Kier molecular flexibility index (Phi) is 4.63. The first-order valence-corrected chi connectivity index (χ1v) is 8.78. The lowest BCUT2D eigenvalue weighted by Crippen LogP contribution is -2.30. The van der Waals surface area contributed by atoms with E-state index in [2.05, 4.69) is 36.7 Å². The number of terminal acetylenes is 1. The molecule has 0 bridgehead atoms. The maximum Gasteiger partial charge on any atom is 0.321 e. The second kappa shape index (κ2) is 7.40. The van der Waals surface area contributed by atoms with Gasteiger partial charge in [-0.05, 0) is 25.0 Å². The molecule has 2 amide bonds. The van der Waals surface area contributed by atoms with Crippen molar-refractivity contribution < 1.29 is 9.21 Å². The molecule has 10 nitrogen and oxygen atoms in total. The van der Waals surface area contributed by atoms with Crippen molar-refractivity contribution in [3.63, 3.8) is 0 Å². The lowest BCUT2D eigenvalue weighted by atomic mass is 10.2. The van der Waals surface area contributed by atoms with Crippen LogP contribution in [-0.2, 0) is 7.05 Å². The zero-order chi connectivity index (χ0) is 19.5. The highest BCUT2D eigenvalue weighted by Gasteiger charge is 2.18. The van der Waals surface area contributed by atoms with E-state index in [1.54, 1.807) is 36.3 Å². The molecule has 0 aliphatic heterocycles. The molecule has 0 fully saturated rings. The number of urea groups is 1. The van der Waals surface area contributed by atoms with Crippen LogP contribution >= 0.6 is 0 Å². The highest BCUT2D eigenvalue weighted by Crippen LogP contribution is 2.23. The number of hydrogen-bond donors (Lipinski definition) is 2. The Hall–Kier alpha value is -3.87. The molecule has 28 heavy (non-hydrogen) atoms. The molecule has 4 heterocycles. The van der Waals surface area contributed by atoms with Gasteiger partial charge >= 0.3 is 6.03 Å². The van der Waals surface area contributed by atoms with Gasteiger partial charge < -0.3 is 9.73 Å². The largest absolute Gasteiger partial charge is 0.461 e. The molecule has 0 atom stereocenters. The van der Waals surface area contributed by atoms with Crippen molar-refractivity contribution in [3.8, 4) is 23.9 Å². The van der Waals surface area contributed by atoms with Gasteiger partial charge in [0.15, 0.2) is 17.1 Å². The average Bonchev–Trinajstić information content (AvgIpc) is 3.39. The van der Waals surface area contributed by atoms with Crippen molar-refractivity contribution >= 4 is 28.7 Å². The molecule has 4 aromatic heterocycles. The highest BCUT2D eigenvalue weighted by atomic mass is 16.3. The summed E-state index contributed by atoms with van der Waals surface area (Å²) in [6.45, 7) is 0.511.